The molecule has 0 bridgehead atoms. The highest BCUT2D eigenvalue weighted by Crippen LogP contribution is 2.18. The van der Waals surface area contributed by atoms with Crippen molar-refractivity contribution in [2.24, 2.45) is 0 Å². The molecular formula is C9H11BrS. The summed E-state index contributed by atoms with van der Waals surface area (Å²) < 4.78 is 1.19. The van der Waals surface area contributed by atoms with E-state index in [0.717, 1.165) is 12.2 Å². The van der Waals surface area contributed by atoms with Crippen molar-refractivity contribution in [3.63, 3.8) is 0 Å². The Labute approximate surface area is 81.5 Å². The smallest absolute Gasteiger partial charge is 0.0207 e. The van der Waals surface area contributed by atoms with Crippen LogP contribution in [0.4, 0.5) is 0 Å². The number of hydrogen-bond acceptors (Lipinski definition) is 1. The van der Waals surface area contributed by atoms with Gasteiger partial charge in [0.2, 0.25) is 0 Å². The molecule has 1 aromatic carbocycles. The van der Waals surface area contributed by atoms with Crippen molar-refractivity contribution in [2.75, 3.05) is 5.75 Å². The van der Waals surface area contributed by atoms with Gasteiger partial charge >= 0.3 is 0 Å². The largest absolute Gasteiger partial charge is 0.179 e. The van der Waals surface area contributed by atoms with E-state index in [4.69, 9.17) is 0 Å². The predicted octanol–water partition coefficient (Wildman–Crippen LogP) is 3.23. The van der Waals surface area contributed by atoms with Crippen LogP contribution < -0.4 is 0 Å². The van der Waals surface area contributed by atoms with Crippen LogP contribution in [-0.4, -0.2) is 5.75 Å². The van der Waals surface area contributed by atoms with Gasteiger partial charge in [-0.1, -0.05) is 33.6 Å². The Morgan fingerprint density at radius 3 is 2.82 bits per heavy atom. The predicted molar refractivity (Wildman–Crippen MR) is 56.4 cm³/mol. The minimum Gasteiger partial charge on any atom is -0.179 e. The molecule has 0 nitrogen and oxygen atoms in total. The van der Waals surface area contributed by atoms with E-state index in [-0.39, 0.29) is 0 Å². The fraction of sp³-hybridized carbons (Fsp3) is 0.333. The Morgan fingerprint density at radius 2 is 2.18 bits per heavy atom. The lowest BCUT2D eigenvalue weighted by Gasteiger charge is -2.02. The molecule has 0 fully saturated rings. The lowest BCUT2D eigenvalue weighted by molar-refractivity contribution is 1.14. The van der Waals surface area contributed by atoms with Crippen molar-refractivity contribution in [1.82, 2.24) is 0 Å². The van der Waals surface area contributed by atoms with Crippen LogP contribution in [0.25, 0.3) is 0 Å². The molecule has 0 heterocycles. The Bertz CT molecular complexity index is 245. The van der Waals surface area contributed by atoms with E-state index in [2.05, 4.69) is 53.7 Å². The van der Waals surface area contributed by atoms with Crippen LogP contribution in [0.15, 0.2) is 22.7 Å². The maximum absolute atomic E-state index is 4.19. The Morgan fingerprint density at radius 1 is 1.45 bits per heavy atom. The SMILES string of the molecule is Cc1ccc(Br)c(CCS)c1. The van der Waals surface area contributed by atoms with Crippen LogP contribution in [0.2, 0.25) is 0 Å². The van der Waals surface area contributed by atoms with Gasteiger partial charge in [0.1, 0.15) is 0 Å². The van der Waals surface area contributed by atoms with E-state index in [0.29, 0.717) is 0 Å². The van der Waals surface area contributed by atoms with Crippen LogP contribution in [0.1, 0.15) is 11.1 Å². The minimum absolute atomic E-state index is 0.905. The molecule has 0 saturated carbocycles. The molecule has 0 spiro atoms. The summed E-state index contributed by atoms with van der Waals surface area (Å²) in [5.41, 5.74) is 2.66. The first kappa shape index (κ1) is 9.14. The summed E-state index contributed by atoms with van der Waals surface area (Å²) in [6.45, 7) is 2.11. The molecule has 0 aliphatic heterocycles. The van der Waals surface area contributed by atoms with E-state index in [9.17, 15) is 0 Å². The first-order valence-corrected chi connectivity index (χ1v) is 5.02. The summed E-state index contributed by atoms with van der Waals surface area (Å²) >= 11 is 7.69. The Hall–Kier alpha value is 0.0500. The second kappa shape index (κ2) is 4.17. The van der Waals surface area contributed by atoms with Crippen molar-refractivity contribution >= 4 is 28.6 Å². The normalized spacial score (nSPS) is 10.1. The highest BCUT2D eigenvalue weighted by Gasteiger charge is 1.97. The lowest BCUT2D eigenvalue weighted by atomic mass is 10.1. The second-order valence-electron chi connectivity index (χ2n) is 2.57. The monoisotopic (exact) mass is 230 g/mol. The van der Waals surface area contributed by atoms with E-state index < -0.39 is 0 Å². The number of rotatable bonds is 2. The van der Waals surface area contributed by atoms with Crippen molar-refractivity contribution in [3.8, 4) is 0 Å². The summed E-state index contributed by atoms with van der Waals surface area (Å²) in [6.07, 6.45) is 1.03. The minimum atomic E-state index is 0.905. The fourth-order valence-electron chi connectivity index (χ4n) is 1.02. The van der Waals surface area contributed by atoms with Gasteiger partial charge < -0.3 is 0 Å². The molecule has 0 aliphatic rings. The maximum Gasteiger partial charge on any atom is 0.0207 e. The summed E-state index contributed by atoms with van der Waals surface area (Å²) in [5.74, 6) is 0.905. The van der Waals surface area contributed by atoms with Crippen molar-refractivity contribution in [3.05, 3.63) is 33.8 Å². The molecule has 60 valence electrons. The maximum atomic E-state index is 4.19. The molecule has 0 atom stereocenters. The third-order valence-electron chi connectivity index (χ3n) is 1.58. The Kier molecular flexibility index (Phi) is 3.46. The number of thiol groups is 1. The number of benzene rings is 1. The average molecular weight is 231 g/mol. The van der Waals surface area contributed by atoms with Gasteiger partial charge in [-0.05, 0) is 30.7 Å². The first-order chi connectivity index (χ1) is 5.24. The highest BCUT2D eigenvalue weighted by molar-refractivity contribution is 9.10. The molecule has 0 N–H and O–H groups in total. The summed E-state index contributed by atoms with van der Waals surface area (Å²) in [4.78, 5) is 0. The van der Waals surface area contributed by atoms with Crippen molar-refractivity contribution in [1.29, 1.82) is 0 Å². The third kappa shape index (κ3) is 2.53. The summed E-state index contributed by atoms with van der Waals surface area (Å²) in [6, 6.07) is 6.39. The van der Waals surface area contributed by atoms with Crippen LogP contribution in [-0.2, 0) is 6.42 Å². The first-order valence-electron chi connectivity index (χ1n) is 3.60. The summed E-state index contributed by atoms with van der Waals surface area (Å²) in [7, 11) is 0. The van der Waals surface area contributed by atoms with E-state index in [1.165, 1.54) is 15.6 Å². The van der Waals surface area contributed by atoms with Crippen LogP contribution in [0.5, 0.6) is 0 Å². The standard InChI is InChI=1S/C9H11BrS/c1-7-2-3-9(10)8(6-7)4-5-11/h2-3,6,11H,4-5H2,1H3. The van der Waals surface area contributed by atoms with Gasteiger partial charge in [-0.25, -0.2) is 0 Å². The van der Waals surface area contributed by atoms with Crippen LogP contribution >= 0.6 is 28.6 Å². The highest BCUT2D eigenvalue weighted by atomic mass is 79.9. The molecule has 0 saturated heterocycles. The quantitative estimate of drug-likeness (QED) is 0.742. The Balaban J connectivity index is 2.93. The number of aryl methyl sites for hydroxylation is 2. The van der Waals surface area contributed by atoms with Gasteiger partial charge in [0.15, 0.2) is 0 Å². The zero-order valence-corrected chi connectivity index (χ0v) is 8.95. The third-order valence-corrected chi connectivity index (χ3v) is 2.58. The second-order valence-corrected chi connectivity index (χ2v) is 3.87. The van der Waals surface area contributed by atoms with Crippen LogP contribution in [0, 0.1) is 6.92 Å². The lowest BCUT2D eigenvalue weighted by Crippen LogP contribution is -1.88. The molecule has 0 aliphatic carbocycles. The molecule has 1 rings (SSSR count). The van der Waals surface area contributed by atoms with Gasteiger partial charge in [-0.15, -0.1) is 0 Å². The van der Waals surface area contributed by atoms with E-state index in [1.54, 1.807) is 0 Å². The molecular weight excluding hydrogens is 220 g/mol. The zero-order valence-electron chi connectivity index (χ0n) is 6.47. The van der Waals surface area contributed by atoms with Gasteiger partial charge in [-0.2, -0.15) is 12.6 Å². The fourth-order valence-corrected chi connectivity index (χ4v) is 1.70. The molecule has 0 radical (unpaired) electrons. The number of halogens is 1. The van der Waals surface area contributed by atoms with E-state index >= 15 is 0 Å². The van der Waals surface area contributed by atoms with Gasteiger partial charge in [0.25, 0.3) is 0 Å². The van der Waals surface area contributed by atoms with Gasteiger partial charge in [0.05, 0.1) is 0 Å². The summed E-state index contributed by atoms with van der Waals surface area (Å²) in [5, 5.41) is 0. The zero-order chi connectivity index (χ0) is 8.27. The number of hydrogen-bond donors (Lipinski definition) is 1. The molecule has 1 aromatic rings. The van der Waals surface area contributed by atoms with Gasteiger partial charge in [0, 0.05) is 4.47 Å². The van der Waals surface area contributed by atoms with Crippen molar-refractivity contribution in [2.45, 2.75) is 13.3 Å². The van der Waals surface area contributed by atoms with Crippen molar-refractivity contribution < 1.29 is 0 Å². The van der Waals surface area contributed by atoms with E-state index in [1.807, 2.05) is 0 Å². The molecule has 0 amide bonds. The topological polar surface area (TPSA) is 0 Å². The molecule has 2 heteroatoms. The molecule has 0 aromatic heterocycles. The molecule has 11 heavy (non-hydrogen) atoms. The molecule has 0 unspecified atom stereocenters. The van der Waals surface area contributed by atoms with Crippen LogP contribution in [0.3, 0.4) is 0 Å². The average Bonchev–Trinajstić information content (AvgIpc) is 1.98. The van der Waals surface area contributed by atoms with Gasteiger partial charge in [-0.3, -0.25) is 0 Å².